The standard InChI is InChI=1S/C21H35N5O2S/c1-18(24-10-12-25(13-11-24)19-8-6-5-7-9-19)16-23-20(22-4)26-14-15-29(27,28)21(2,3)17-26/h5-9,18H,10-17H2,1-4H3,(H,22,23). The van der Waals surface area contributed by atoms with Gasteiger partial charge in [-0.05, 0) is 32.9 Å². The predicted molar refractivity (Wildman–Crippen MR) is 120 cm³/mol. The Balaban J connectivity index is 1.49. The third-order valence-electron chi connectivity index (χ3n) is 6.17. The largest absolute Gasteiger partial charge is 0.369 e. The van der Waals surface area contributed by atoms with Gasteiger partial charge in [0.2, 0.25) is 0 Å². The van der Waals surface area contributed by atoms with E-state index in [2.05, 4.69) is 62.3 Å². The van der Waals surface area contributed by atoms with Gasteiger partial charge in [-0.1, -0.05) is 18.2 Å². The molecule has 1 aromatic carbocycles. The Morgan fingerprint density at radius 3 is 2.38 bits per heavy atom. The number of guanidine groups is 1. The molecule has 7 nitrogen and oxygen atoms in total. The van der Waals surface area contributed by atoms with Crippen LogP contribution < -0.4 is 10.2 Å². The van der Waals surface area contributed by atoms with Gasteiger partial charge in [-0.3, -0.25) is 9.89 Å². The molecule has 0 bridgehead atoms. The highest BCUT2D eigenvalue weighted by Gasteiger charge is 2.41. The molecular weight excluding hydrogens is 386 g/mol. The topological polar surface area (TPSA) is 68.2 Å². The molecule has 29 heavy (non-hydrogen) atoms. The van der Waals surface area contributed by atoms with Crippen molar-refractivity contribution in [2.24, 2.45) is 4.99 Å². The number of para-hydroxylation sites is 1. The second-order valence-electron chi connectivity index (χ2n) is 8.64. The van der Waals surface area contributed by atoms with E-state index in [1.807, 2.05) is 0 Å². The highest BCUT2D eigenvalue weighted by molar-refractivity contribution is 7.92. The van der Waals surface area contributed by atoms with Crippen molar-refractivity contribution in [2.75, 3.05) is 63.5 Å². The van der Waals surface area contributed by atoms with Crippen molar-refractivity contribution in [3.8, 4) is 0 Å². The van der Waals surface area contributed by atoms with Gasteiger partial charge in [0.25, 0.3) is 0 Å². The second-order valence-corrected chi connectivity index (χ2v) is 11.4. The Bertz CT molecular complexity index is 802. The monoisotopic (exact) mass is 421 g/mol. The summed E-state index contributed by atoms with van der Waals surface area (Å²) in [5, 5.41) is 3.47. The average molecular weight is 422 g/mol. The molecule has 162 valence electrons. The van der Waals surface area contributed by atoms with E-state index in [-0.39, 0.29) is 5.75 Å². The highest BCUT2D eigenvalue weighted by Crippen LogP contribution is 2.23. The first-order valence-electron chi connectivity index (χ1n) is 10.5. The summed E-state index contributed by atoms with van der Waals surface area (Å²) in [5.74, 6) is 0.972. The Kier molecular flexibility index (Phi) is 6.73. The smallest absolute Gasteiger partial charge is 0.193 e. The third kappa shape index (κ3) is 5.04. The van der Waals surface area contributed by atoms with Crippen LogP contribution in [0.1, 0.15) is 20.8 Å². The van der Waals surface area contributed by atoms with E-state index in [4.69, 9.17) is 0 Å². The minimum absolute atomic E-state index is 0.178. The van der Waals surface area contributed by atoms with E-state index < -0.39 is 14.6 Å². The Morgan fingerprint density at radius 2 is 1.79 bits per heavy atom. The maximum Gasteiger partial charge on any atom is 0.193 e. The molecule has 0 amide bonds. The number of rotatable bonds is 4. The van der Waals surface area contributed by atoms with E-state index in [0.717, 1.165) is 38.7 Å². The summed E-state index contributed by atoms with van der Waals surface area (Å²) in [7, 11) is -1.28. The van der Waals surface area contributed by atoms with E-state index in [1.54, 1.807) is 20.9 Å². The van der Waals surface area contributed by atoms with Gasteiger partial charge in [0.1, 0.15) is 0 Å². The summed E-state index contributed by atoms with van der Waals surface area (Å²) in [5.41, 5.74) is 1.29. The van der Waals surface area contributed by atoms with Gasteiger partial charge in [0.15, 0.2) is 15.8 Å². The normalized spacial score (nSPS) is 23.7. The molecule has 8 heteroatoms. The van der Waals surface area contributed by atoms with Crippen molar-refractivity contribution < 1.29 is 8.42 Å². The molecule has 0 radical (unpaired) electrons. The molecule has 0 aromatic heterocycles. The summed E-state index contributed by atoms with van der Waals surface area (Å²) >= 11 is 0. The van der Waals surface area contributed by atoms with Gasteiger partial charge in [0, 0.05) is 64.6 Å². The predicted octanol–water partition coefficient (Wildman–Crippen LogP) is 1.28. The Morgan fingerprint density at radius 1 is 1.14 bits per heavy atom. The first-order valence-corrected chi connectivity index (χ1v) is 12.1. The number of hydrogen-bond donors (Lipinski definition) is 1. The van der Waals surface area contributed by atoms with Crippen LogP contribution in [-0.2, 0) is 9.84 Å². The minimum atomic E-state index is -3.05. The third-order valence-corrected chi connectivity index (χ3v) is 8.70. The molecule has 2 aliphatic heterocycles. The number of benzene rings is 1. The fourth-order valence-electron chi connectivity index (χ4n) is 4.08. The number of aliphatic imine (C=N–C) groups is 1. The lowest BCUT2D eigenvalue weighted by molar-refractivity contribution is 0.196. The van der Waals surface area contributed by atoms with Gasteiger partial charge in [-0.15, -0.1) is 0 Å². The summed E-state index contributed by atoms with van der Waals surface area (Å²) in [6, 6.07) is 11.0. The lowest BCUT2D eigenvalue weighted by atomic mass is 10.2. The number of nitrogens with zero attached hydrogens (tertiary/aromatic N) is 4. The molecule has 1 N–H and O–H groups in total. The first kappa shape index (κ1) is 21.9. The van der Waals surface area contributed by atoms with Crippen molar-refractivity contribution in [2.45, 2.75) is 31.6 Å². The van der Waals surface area contributed by atoms with Crippen molar-refractivity contribution in [3.05, 3.63) is 30.3 Å². The molecule has 2 heterocycles. The fourth-order valence-corrected chi connectivity index (χ4v) is 5.45. The molecule has 3 rings (SSSR count). The molecular formula is C21H35N5O2S. The SMILES string of the molecule is CN=C(NCC(C)N1CCN(c2ccccc2)CC1)N1CCS(=O)(=O)C(C)(C)C1. The van der Waals surface area contributed by atoms with Crippen molar-refractivity contribution in [1.29, 1.82) is 0 Å². The number of nitrogens with one attached hydrogen (secondary N) is 1. The zero-order valence-corrected chi connectivity index (χ0v) is 19.0. The van der Waals surface area contributed by atoms with Gasteiger partial charge < -0.3 is 15.1 Å². The summed E-state index contributed by atoms with van der Waals surface area (Å²) < 4.78 is 23.8. The van der Waals surface area contributed by atoms with E-state index in [9.17, 15) is 8.42 Å². The number of hydrogen-bond acceptors (Lipinski definition) is 5. The van der Waals surface area contributed by atoms with Gasteiger partial charge in [-0.2, -0.15) is 0 Å². The van der Waals surface area contributed by atoms with Crippen LogP contribution in [0, 0.1) is 0 Å². The van der Waals surface area contributed by atoms with E-state index in [1.165, 1.54) is 5.69 Å². The van der Waals surface area contributed by atoms with Crippen molar-refractivity contribution in [3.63, 3.8) is 0 Å². The second kappa shape index (κ2) is 8.92. The number of anilines is 1. The molecule has 2 fully saturated rings. The zero-order chi connectivity index (χ0) is 21.1. The zero-order valence-electron chi connectivity index (χ0n) is 18.1. The van der Waals surface area contributed by atoms with E-state index in [0.29, 0.717) is 19.1 Å². The van der Waals surface area contributed by atoms with Crippen LogP contribution in [0.2, 0.25) is 0 Å². The molecule has 0 aliphatic carbocycles. The van der Waals surface area contributed by atoms with Crippen molar-refractivity contribution >= 4 is 21.5 Å². The lowest BCUT2D eigenvalue weighted by Crippen LogP contribution is -2.58. The maximum atomic E-state index is 12.3. The number of sulfone groups is 1. The molecule has 0 spiro atoms. The Labute approximate surface area is 175 Å². The van der Waals surface area contributed by atoms with Crippen LogP contribution in [0.3, 0.4) is 0 Å². The fraction of sp³-hybridized carbons (Fsp3) is 0.667. The highest BCUT2D eigenvalue weighted by atomic mass is 32.2. The maximum absolute atomic E-state index is 12.3. The number of piperazine rings is 1. The Hall–Kier alpha value is -1.80. The minimum Gasteiger partial charge on any atom is -0.369 e. The quantitative estimate of drug-likeness (QED) is 0.584. The average Bonchev–Trinajstić information content (AvgIpc) is 2.71. The van der Waals surface area contributed by atoms with Crippen LogP contribution >= 0.6 is 0 Å². The molecule has 0 saturated carbocycles. The molecule has 1 aromatic rings. The van der Waals surface area contributed by atoms with Crippen LogP contribution in [0.15, 0.2) is 35.3 Å². The van der Waals surface area contributed by atoms with Crippen molar-refractivity contribution in [1.82, 2.24) is 15.1 Å². The van der Waals surface area contributed by atoms with Gasteiger partial charge in [-0.25, -0.2) is 8.42 Å². The lowest BCUT2D eigenvalue weighted by Gasteiger charge is -2.41. The molecule has 2 aliphatic rings. The van der Waals surface area contributed by atoms with Gasteiger partial charge in [0.05, 0.1) is 10.5 Å². The summed E-state index contributed by atoms with van der Waals surface area (Å²) in [4.78, 5) is 11.4. The first-order chi connectivity index (χ1) is 13.7. The van der Waals surface area contributed by atoms with Crippen LogP contribution in [-0.4, -0.2) is 93.6 Å². The van der Waals surface area contributed by atoms with E-state index >= 15 is 0 Å². The van der Waals surface area contributed by atoms with Crippen LogP contribution in [0.5, 0.6) is 0 Å². The molecule has 1 atom stereocenters. The summed E-state index contributed by atoms with van der Waals surface area (Å²) in [6.07, 6.45) is 0. The van der Waals surface area contributed by atoms with Crippen LogP contribution in [0.4, 0.5) is 5.69 Å². The molecule has 1 unspecified atom stereocenters. The summed E-state index contributed by atoms with van der Waals surface area (Å²) in [6.45, 7) is 11.7. The van der Waals surface area contributed by atoms with Gasteiger partial charge >= 0.3 is 0 Å². The molecule has 2 saturated heterocycles. The van der Waals surface area contributed by atoms with Crippen LogP contribution in [0.25, 0.3) is 0 Å².